The van der Waals surface area contributed by atoms with Gasteiger partial charge in [0.05, 0.1) is 14.2 Å². The number of nitrogens with one attached hydrogen (secondary N) is 2. The highest BCUT2D eigenvalue weighted by Gasteiger charge is 2.23. The number of carbonyl (C=O) groups excluding carboxylic acids is 2. The van der Waals surface area contributed by atoms with Gasteiger partial charge in [-0.15, -0.1) is 0 Å². The lowest BCUT2D eigenvalue weighted by atomic mass is 10.1. The summed E-state index contributed by atoms with van der Waals surface area (Å²) in [6.07, 6.45) is 2.65. The normalized spacial score (nSPS) is 11.0. The lowest BCUT2D eigenvalue weighted by molar-refractivity contribution is -0.132. The van der Waals surface area contributed by atoms with Gasteiger partial charge in [0, 0.05) is 47.4 Å². The maximum absolute atomic E-state index is 13.9. The van der Waals surface area contributed by atoms with Crippen molar-refractivity contribution in [3.63, 3.8) is 0 Å². The van der Waals surface area contributed by atoms with Crippen molar-refractivity contribution in [1.82, 2.24) is 14.8 Å². The van der Waals surface area contributed by atoms with Crippen molar-refractivity contribution in [1.29, 1.82) is 0 Å². The van der Waals surface area contributed by atoms with E-state index in [1.54, 1.807) is 48.3 Å². The van der Waals surface area contributed by atoms with E-state index in [-0.39, 0.29) is 24.4 Å². The molecule has 0 saturated heterocycles. The summed E-state index contributed by atoms with van der Waals surface area (Å²) in [4.78, 5) is 33.8. The number of nitrogens with zero attached hydrogens (tertiary/aromatic N) is 2. The Morgan fingerprint density at radius 3 is 2.39 bits per heavy atom. The van der Waals surface area contributed by atoms with E-state index in [0.717, 1.165) is 22.0 Å². The van der Waals surface area contributed by atoms with Crippen LogP contribution in [0.3, 0.4) is 0 Å². The van der Waals surface area contributed by atoms with Crippen molar-refractivity contribution in [2.75, 3.05) is 39.2 Å². The van der Waals surface area contributed by atoms with Gasteiger partial charge in [0.25, 0.3) is 0 Å². The smallest absolute Gasteiger partial charge is 0.322 e. The maximum atomic E-state index is 13.9. The van der Waals surface area contributed by atoms with Crippen molar-refractivity contribution >= 4 is 40.1 Å². The zero-order chi connectivity index (χ0) is 29.4. The van der Waals surface area contributed by atoms with Gasteiger partial charge >= 0.3 is 6.03 Å². The third kappa shape index (κ3) is 7.95. The largest absolute Gasteiger partial charge is 0.493 e. The number of methoxy groups -OCH3 is 2. The van der Waals surface area contributed by atoms with E-state index in [0.29, 0.717) is 48.3 Å². The third-order valence-corrected chi connectivity index (χ3v) is 7.05. The van der Waals surface area contributed by atoms with Crippen LogP contribution in [0.4, 0.5) is 10.5 Å². The van der Waals surface area contributed by atoms with E-state index in [1.165, 1.54) is 0 Å². The van der Waals surface area contributed by atoms with Crippen molar-refractivity contribution in [3.05, 3.63) is 89.1 Å². The molecule has 4 aromatic rings. The Bertz CT molecular complexity index is 1470. The fraction of sp³-hybridized carbons (Fsp3) is 0.312. The Labute approximate surface area is 246 Å². The molecular formula is C32H37ClN4O4. The molecule has 0 unspecified atom stereocenters. The van der Waals surface area contributed by atoms with Crippen LogP contribution in [-0.4, -0.2) is 60.6 Å². The molecule has 8 nitrogen and oxygen atoms in total. The molecule has 41 heavy (non-hydrogen) atoms. The molecule has 216 valence electrons. The number of benzene rings is 3. The number of aromatic nitrogens is 1. The summed E-state index contributed by atoms with van der Waals surface area (Å²) in [6, 6.07) is 20.3. The molecule has 4 rings (SSSR count). The second kappa shape index (κ2) is 13.9. The molecule has 0 radical (unpaired) electrons. The van der Waals surface area contributed by atoms with Crippen LogP contribution in [0.1, 0.15) is 25.0 Å². The zero-order valence-corrected chi connectivity index (χ0v) is 24.7. The lowest BCUT2D eigenvalue weighted by Crippen LogP contribution is -2.46. The summed E-state index contributed by atoms with van der Waals surface area (Å²) < 4.78 is 10.9. The molecular weight excluding hydrogens is 540 g/mol. The van der Waals surface area contributed by atoms with Crippen LogP contribution in [0.2, 0.25) is 5.02 Å². The monoisotopic (exact) mass is 576 g/mol. The van der Waals surface area contributed by atoms with Crippen LogP contribution in [0.15, 0.2) is 72.9 Å². The predicted octanol–water partition coefficient (Wildman–Crippen LogP) is 6.60. The number of carbonyl (C=O) groups is 2. The van der Waals surface area contributed by atoms with E-state index in [1.807, 2.05) is 56.4 Å². The Morgan fingerprint density at radius 1 is 0.951 bits per heavy atom. The number of urea groups is 1. The van der Waals surface area contributed by atoms with Gasteiger partial charge in [0.1, 0.15) is 6.54 Å². The summed E-state index contributed by atoms with van der Waals surface area (Å²) in [5.74, 6) is 1.24. The first kappa shape index (κ1) is 29.8. The van der Waals surface area contributed by atoms with Crippen molar-refractivity contribution in [3.8, 4) is 11.5 Å². The van der Waals surface area contributed by atoms with Crippen LogP contribution in [0.5, 0.6) is 11.5 Å². The summed E-state index contributed by atoms with van der Waals surface area (Å²) in [7, 11) is 3.18. The third-order valence-electron chi connectivity index (χ3n) is 6.79. The number of ether oxygens (including phenoxy) is 2. The molecule has 3 aromatic carbocycles. The number of rotatable bonds is 12. The first-order valence-electron chi connectivity index (χ1n) is 13.6. The Balaban J connectivity index is 1.55. The molecule has 0 saturated carbocycles. The fourth-order valence-electron chi connectivity index (χ4n) is 4.74. The Morgan fingerprint density at radius 2 is 1.68 bits per heavy atom. The minimum Gasteiger partial charge on any atom is -0.493 e. The van der Waals surface area contributed by atoms with Crippen LogP contribution in [-0.2, 0) is 17.8 Å². The molecule has 3 amide bonds. The number of hydrogen-bond donors (Lipinski definition) is 2. The molecule has 0 fully saturated rings. The van der Waals surface area contributed by atoms with E-state index in [4.69, 9.17) is 21.1 Å². The highest BCUT2D eigenvalue weighted by molar-refractivity contribution is 6.30. The van der Waals surface area contributed by atoms with Crippen molar-refractivity contribution < 1.29 is 19.1 Å². The van der Waals surface area contributed by atoms with E-state index >= 15 is 0 Å². The van der Waals surface area contributed by atoms with E-state index < -0.39 is 0 Å². The summed E-state index contributed by atoms with van der Waals surface area (Å²) in [5, 5.41) is 4.61. The number of H-pyrrole nitrogens is 1. The molecule has 0 aliphatic rings. The molecule has 2 N–H and O–H groups in total. The van der Waals surface area contributed by atoms with E-state index in [2.05, 4.69) is 16.4 Å². The van der Waals surface area contributed by atoms with Crippen LogP contribution in [0, 0.1) is 5.92 Å². The van der Waals surface area contributed by atoms with Gasteiger partial charge < -0.3 is 29.6 Å². The predicted molar refractivity (Wildman–Crippen MR) is 164 cm³/mol. The standard InChI is InChI=1S/C32H37ClN4O4/c1-22(2)19-37(32(39)35-26-12-10-25(33)11-13-26)21-31(38)36(20-23-9-14-29(40-3)30(17-23)41-4)16-15-24-18-34-28-8-6-5-7-27(24)28/h5-14,17-18,22,34H,15-16,19-21H2,1-4H3,(H,35,39). The zero-order valence-electron chi connectivity index (χ0n) is 23.9. The number of hydrogen-bond acceptors (Lipinski definition) is 4. The topological polar surface area (TPSA) is 86.9 Å². The van der Waals surface area contributed by atoms with Crippen LogP contribution < -0.4 is 14.8 Å². The minimum atomic E-state index is -0.336. The first-order chi connectivity index (χ1) is 19.8. The van der Waals surface area contributed by atoms with Crippen LogP contribution in [0.25, 0.3) is 10.9 Å². The molecule has 1 heterocycles. The fourth-order valence-corrected chi connectivity index (χ4v) is 4.87. The first-order valence-corrected chi connectivity index (χ1v) is 14.0. The SMILES string of the molecule is COc1ccc(CN(CCc2c[nH]c3ccccc23)C(=O)CN(CC(C)C)C(=O)Nc2ccc(Cl)cc2)cc1OC. The average molecular weight is 577 g/mol. The molecule has 0 aliphatic carbocycles. The number of anilines is 1. The number of halogens is 1. The second-order valence-corrected chi connectivity index (χ2v) is 10.8. The number of fused-ring (bicyclic) bond motifs is 1. The molecule has 0 bridgehead atoms. The Kier molecular flexibility index (Phi) is 10.1. The molecule has 1 aromatic heterocycles. The average Bonchev–Trinajstić information content (AvgIpc) is 3.38. The second-order valence-electron chi connectivity index (χ2n) is 10.3. The number of aromatic amines is 1. The van der Waals surface area contributed by atoms with E-state index in [9.17, 15) is 9.59 Å². The molecule has 0 spiro atoms. The highest BCUT2D eigenvalue weighted by atomic mass is 35.5. The lowest BCUT2D eigenvalue weighted by Gasteiger charge is -2.29. The van der Waals surface area contributed by atoms with Gasteiger partial charge in [-0.3, -0.25) is 4.79 Å². The molecule has 9 heteroatoms. The van der Waals surface area contributed by atoms with Crippen molar-refractivity contribution in [2.45, 2.75) is 26.8 Å². The van der Waals surface area contributed by atoms with Gasteiger partial charge in [-0.25, -0.2) is 4.79 Å². The van der Waals surface area contributed by atoms with Gasteiger partial charge in [-0.2, -0.15) is 0 Å². The maximum Gasteiger partial charge on any atom is 0.322 e. The molecule has 0 atom stereocenters. The van der Waals surface area contributed by atoms with Gasteiger partial charge in [0.2, 0.25) is 5.91 Å². The summed E-state index contributed by atoms with van der Waals surface area (Å²) >= 11 is 5.99. The van der Waals surface area contributed by atoms with Gasteiger partial charge in [-0.05, 0) is 65.9 Å². The van der Waals surface area contributed by atoms with Gasteiger partial charge in [0.15, 0.2) is 11.5 Å². The summed E-state index contributed by atoms with van der Waals surface area (Å²) in [6.45, 7) is 5.24. The van der Waals surface area contributed by atoms with Crippen molar-refractivity contribution in [2.24, 2.45) is 5.92 Å². The Hall–Kier alpha value is -4.17. The quantitative estimate of drug-likeness (QED) is 0.199. The minimum absolute atomic E-state index is 0.0568. The number of amides is 3. The number of para-hydroxylation sites is 1. The molecule has 0 aliphatic heterocycles. The summed E-state index contributed by atoms with van der Waals surface area (Å²) in [5.41, 5.74) is 3.70. The van der Waals surface area contributed by atoms with Gasteiger partial charge in [-0.1, -0.05) is 49.7 Å². The highest BCUT2D eigenvalue weighted by Crippen LogP contribution is 2.28. The van der Waals surface area contributed by atoms with Crippen LogP contribution >= 0.6 is 11.6 Å².